The average molecular weight is 452 g/mol. The van der Waals surface area contributed by atoms with E-state index in [4.69, 9.17) is 24.1 Å². The molecule has 0 amide bonds. The minimum absolute atomic E-state index is 0.153. The van der Waals surface area contributed by atoms with Crippen molar-refractivity contribution in [2.75, 3.05) is 45.0 Å². The van der Waals surface area contributed by atoms with Crippen LogP contribution in [-0.2, 0) is 14.8 Å². The van der Waals surface area contributed by atoms with Crippen LogP contribution in [0.4, 0.5) is 11.4 Å². The molecule has 0 aliphatic rings. The Hall–Kier alpha value is -3.60. The van der Waals surface area contributed by atoms with Gasteiger partial charge in [-0.3, -0.25) is 9.52 Å². The molecule has 2 rings (SSSR count). The van der Waals surface area contributed by atoms with Gasteiger partial charge in [0.2, 0.25) is 0 Å². The Morgan fingerprint density at radius 1 is 0.935 bits per heavy atom. The third-order valence-corrected chi connectivity index (χ3v) is 5.07. The van der Waals surface area contributed by atoms with Crippen molar-refractivity contribution in [2.24, 2.45) is 0 Å². The molecular formula is C20H24N2O8S. The number of benzene rings is 2. The van der Waals surface area contributed by atoms with Crippen molar-refractivity contribution < 1.29 is 37.3 Å². The minimum Gasteiger partial charge on any atom is -0.497 e. The van der Waals surface area contributed by atoms with Crippen molar-refractivity contribution in [1.82, 2.24) is 0 Å². The van der Waals surface area contributed by atoms with E-state index in [1.165, 1.54) is 46.6 Å². The second kappa shape index (κ2) is 10.4. The topological polar surface area (TPSA) is 132 Å². The molecule has 0 radical (unpaired) electrons. The van der Waals surface area contributed by atoms with Gasteiger partial charge in [-0.25, -0.2) is 8.42 Å². The zero-order valence-corrected chi connectivity index (χ0v) is 18.3. The lowest BCUT2D eigenvalue weighted by Gasteiger charge is -2.14. The van der Waals surface area contributed by atoms with Crippen LogP contribution in [0.15, 0.2) is 35.7 Å². The molecule has 0 aliphatic carbocycles. The van der Waals surface area contributed by atoms with Gasteiger partial charge < -0.3 is 29.4 Å². The highest BCUT2D eigenvalue weighted by Gasteiger charge is 2.15. The summed E-state index contributed by atoms with van der Waals surface area (Å²) in [6, 6.07) is 7.69. The maximum absolute atomic E-state index is 12.7. The third-order valence-electron chi connectivity index (χ3n) is 4.08. The molecule has 3 N–H and O–H groups in total. The number of carbonyl (C=O) groups is 1. The lowest BCUT2D eigenvalue weighted by molar-refractivity contribution is -0.134. The summed E-state index contributed by atoms with van der Waals surface area (Å²) in [7, 11) is 1.83. The maximum atomic E-state index is 12.7. The highest BCUT2D eigenvalue weighted by atomic mass is 32.2. The molecule has 0 atom stereocenters. The van der Waals surface area contributed by atoms with Crippen LogP contribution >= 0.6 is 0 Å². The summed E-state index contributed by atoms with van der Waals surface area (Å²) >= 11 is 0. The Kier molecular flexibility index (Phi) is 7.97. The number of anilines is 2. The molecule has 2 aromatic carbocycles. The minimum atomic E-state index is -3.98. The number of carboxylic acids is 1. The summed E-state index contributed by atoms with van der Waals surface area (Å²) in [5.74, 6) is 0.528. The SMILES string of the molecule is COc1ccc(NS(=O)(=O)C=Cc2c(OC)cc(OC)cc2OC)c(NCC(=O)O)c1. The highest BCUT2D eigenvalue weighted by Crippen LogP contribution is 2.35. The number of aliphatic carboxylic acids is 1. The molecule has 0 fully saturated rings. The van der Waals surface area contributed by atoms with E-state index < -0.39 is 22.5 Å². The van der Waals surface area contributed by atoms with Gasteiger partial charge in [-0.05, 0) is 18.2 Å². The van der Waals surface area contributed by atoms with Crippen molar-refractivity contribution in [3.8, 4) is 23.0 Å². The third kappa shape index (κ3) is 6.44. The average Bonchev–Trinajstić information content (AvgIpc) is 2.75. The summed E-state index contributed by atoms with van der Waals surface area (Å²) in [5, 5.41) is 12.5. The Balaban J connectivity index is 2.36. The normalized spacial score (nSPS) is 11.1. The Morgan fingerprint density at radius 3 is 2.06 bits per heavy atom. The number of sulfonamides is 1. The number of methoxy groups -OCH3 is 4. The lowest BCUT2D eigenvalue weighted by Crippen LogP contribution is -2.15. The van der Waals surface area contributed by atoms with Crippen LogP contribution in [0.5, 0.6) is 23.0 Å². The quantitative estimate of drug-likeness (QED) is 0.470. The number of hydrogen-bond acceptors (Lipinski definition) is 8. The van der Waals surface area contributed by atoms with E-state index in [1.807, 2.05) is 0 Å². The van der Waals surface area contributed by atoms with Crippen molar-refractivity contribution >= 4 is 33.4 Å². The molecule has 31 heavy (non-hydrogen) atoms. The monoisotopic (exact) mass is 452 g/mol. The van der Waals surface area contributed by atoms with E-state index in [1.54, 1.807) is 18.2 Å². The van der Waals surface area contributed by atoms with E-state index in [-0.39, 0.29) is 11.4 Å². The van der Waals surface area contributed by atoms with E-state index >= 15 is 0 Å². The van der Waals surface area contributed by atoms with E-state index in [0.717, 1.165) is 5.41 Å². The second-order valence-electron chi connectivity index (χ2n) is 6.05. The van der Waals surface area contributed by atoms with Crippen molar-refractivity contribution in [1.29, 1.82) is 0 Å². The maximum Gasteiger partial charge on any atom is 0.322 e. The van der Waals surface area contributed by atoms with Crippen LogP contribution in [0, 0.1) is 0 Å². The van der Waals surface area contributed by atoms with E-state index in [2.05, 4.69) is 10.0 Å². The van der Waals surface area contributed by atoms with Gasteiger partial charge in [0.25, 0.3) is 10.0 Å². The highest BCUT2D eigenvalue weighted by molar-refractivity contribution is 7.95. The molecule has 0 aliphatic heterocycles. The second-order valence-corrected chi connectivity index (χ2v) is 7.62. The van der Waals surface area contributed by atoms with Gasteiger partial charge in [-0.1, -0.05) is 0 Å². The molecular weight excluding hydrogens is 428 g/mol. The Labute approximate surface area is 180 Å². The molecule has 168 valence electrons. The zero-order valence-electron chi connectivity index (χ0n) is 17.5. The van der Waals surface area contributed by atoms with Gasteiger partial charge >= 0.3 is 5.97 Å². The molecule has 11 heteroatoms. The Bertz CT molecular complexity index is 1040. The number of hydrogen-bond donors (Lipinski definition) is 3. The largest absolute Gasteiger partial charge is 0.497 e. The predicted molar refractivity (Wildman–Crippen MR) is 117 cm³/mol. The van der Waals surface area contributed by atoms with Crippen LogP contribution in [0.3, 0.4) is 0 Å². The van der Waals surface area contributed by atoms with Gasteiger partial charge in [0.1, 0.15) is 29.5 Å². The first-order valence-electron chi connectivity index (χ1n) is 8.87. The predicted octanol–water partition coefficient (Wildman–Crippen LogP) is 2.63. The van der Waals surface area contributed by atoms with Crippen molar-refractivity contribution in [3.05, 3.63) is 41.3 Å². The van der Waals surface area contributed by atoms with Crippen LogP contribution in [0.1, 0.15) is 5.56 Å². The summed E-state index contributed by atoms with van der Waals surface area (Å²) < 4.78 is 48.6. The van der Waals surface area contributed by atoms with Crippen LogP contribution < -0.4 is 29.0 Å². The van der Waals surface area contributed by atoms with Gasteiger partial charge in [0, 0.05) is 18.2 Å². The fourth-order valence-corrected chi connectivity index (χ4v) is 3.47. The van der Waals surface area contributed by atoms with E-state index in [0.29, 0.717) is 28.6 Å². The molecule has 2 aromatic rings. The number of ether oxygens (including phenoxy) is 4. The molecule has 0 bridgehead atoms. The molecule has 0 unspecified atom stereocenters. The fraction of sp³-hybridized carbons (Fsp3) is 0.250. The summed E-state index contributed by atoms with van der Waals surface area (Å²) in [6.07, 6.45) is 1.33. The van der Waals surface area contributed by atoms with Crippen molar-refractivity contribution in [3.63, 3.8) is 0 Å². The molecule has 10 nitrogen and oxygen atoms in total. The fourth-order valence-electron chi connectivity index (χ4n) is 2.60. The van der Waals surface area contributed by atoms with Gasteiger partial charge in [0.15, 0.2) is 0 Å². The summed E-state index contributed by atoms with van der Waals surface area (Å²) in [4.78, 5) is 10.9. The van der Waals surface area contributed by atoms with Gasteiger partial charge in [-0.15, -0.1) is 0 Å². The zero-order chi connectivity index (χ0) is 23.0. The Morgan fingerprint density at radius 2 is 1.55 bits per heavy atom. The number of rotatable bonds is 11. The summed E-state index contributed by atoms with van der Waals surface area (Å²) in [6.45, 7) is -0.405. The lowest BCUT2D eigenvalue weighted by atomic mass is 10.1. The first kappa shape index (κ1) is 23.7. The van der Waals surface area contributed by atoms with E-state index in [9.17, 15) is 13.2 Å². The van der Waals surface area contributed by atoms with Gasteiger partial charge in [-0.2, -0.15) is 0 Å². The molecule has 0 spiro atoms. The number of carboxylic acid groups (broad SMARTS) is 1. The molecule has 0 saturated carbocycles. The van der Waals surface area contributed by atoms with Crippen LogP contribution in [-0.4, -0.2) is 54.5 Å². The molecule has 0 heterocycles. The summed E-state index contributed by atoms with van der Waals surface area (Å²) in [5.41, 5.74) is 0.800. The first-order valence-corrected chi connectivity index (χ1v) is 10.4. The smallest absolute Gasteiger partial charge is 0.322 e. The van der Waals surface area contributed by atoms with Crippen LogP contribution in [0.2, 0.25) is 0 Å². The first-order chi connectivity index (χ1) is 14.7. The molecule has 0 aromatic heterocycles. The number of nitrogens with one attached hydrogen (secondary N) is 2. The van der Waals surface area contributed by atoms with Crippen molar-refractivity contribution in [2.45, 2.75) is 0 Å². The van der Waals surface area contributed by atoms with Gasteiger partial charge in [0.05, 0.1) is 50.8 Å². The molecule has 0 saturated heterocycles. The van der Waals surface area contributed by atoms with Crippen LogP contribution in [0.25, 0.3) is 6.08 Å². The standard InChI is InChI=1S/C20H24N2O8S/c1-27-13-5-6-16(17(9-13)21-12-20(23)24)22-31(25,26)8-7-15-18(29-3)10-14(28-2)11-19(15)30-4/h5-11,21-22H,12H2,1-4H3,(H,23,24).